The lowest BCUT2D eigenvalue weighted by molar-refractivity contribution is 0.0871. The molecule has 0 aliphatic heterocycles. The third-order valence-electron chi connectivity index (χ3n) is 3.58. The Bertz CT molecular complexity index is 655. The molecule has 124 valence electrons. The topological polar surface area (TPSA) is 67.2 Å². The van der Waals surface area contributed by atoms with Gasteiger partial charge in [-0.3, -0.25) is 4.79 Å². The summed E-state index contributed by atoms with van der Waals surface area (Å²) in [5.74, 6) is 0.713. The van der Waals surface area contributed by atoms with E-state index in [1.807, 2.05) is 49.9 Å². The maximum Gasteiger partial charge on any atom is 0.251 e. The van der Waals surface area contributed by atoms with Gasteiger partial charge in [-0.25, -0.2) is 4.98 Å². The molecule has 0 fully saturated rings. The number of nitrogens with zero attached hydrogens (tertiary/aromatic N) is 2. The molecule has 1 atom stereocenters. The van der Waals surface area contributed by atoms with Crippen LogP contribution in [0.3, 0.4) is 0 Å². The first-order chi connectivity index (χ1) is 11.0. The fourth-order valence-electron chi connectivity index (χ4n) is 1.98. The zero-order valence-corrected chi connectivity index (χ0v) is 14.5. The first-order valence-corrected chi connectivity index (χ1v) is 8.61. The second-order valence-electron chi connectivity index (χ2n) is 5.83. The quantitative estimate of drug-likeness (QED) is 0.764. The van der Waals surface area contributed by atoms with E-state index >= 15 is 0 Å². The molecule has 5 nitrogen and oxygen atoms in total. The van der Waals surface area contributed by atoms with E-state index in [1.54, 1.807) is 24.0 Å². The van der Waals surface area contributed by atoms with Crippen LogP contribution < -0.4 is 5.32 Å². The maximum absolute atomic E-state index is 12.2. The van der Waals surface area contributed by atoms with Gasteiger partial charge in [0.2, 0.25) is 0 Å². The Morgan fingerprint density at radius 1 is 1.43 bits per heavy atom. The van der Waals surface area contributed by atoms with E-state index in [4.69, 9.17) is 0 Å². The highest BCUT2D eigenvalue weighted by molar-refractivity contribution is 7.98. The number of nitrogens with one attached hydrogen (secondary N) is 1. The van der Waals surface area contributed by atoms with E-state index in [2.05, 4.69) is 10.3 Å². The minimum absolute atomic E-state index is 0.121. The Hall–Kier alpha value is -1.79. The molecule has 1 aromatic carbocycles. The first-order valence-electron chi connectivity index (χ1n) is 7.62. The third-order valence-corrected chi connectivity index (χ3v) is 4.70. The maximum atomic E-state index is 12.2. The van der Waals surface area contributed by atoms with Crippen LogP contribution in [0.5, 0.6) is 0 Å². The number of hydrogen-bond donors (Lipinski definition) is 2. The number of aliphatic hydroxyl groups excluding tert-OH is 1. The molecule has 2 rings (SSSR count). The summed E-state index contributed by atoms with van der Waals surface area (Å²) in [5.41, 5.74) is 1.67. The molecule has 0 radical (unpaired) electrons. The lowest BCUT2D eigenvalue weighted by Gasteiger charge is -2.15. The molecule has 6 heteroatoms. The van der Waals surface area contributed by atoms with Crippen LogP contribution in [-0.2, 0) is 12.8 Å². The Morgan fingerprint density at radius 3 is 2.87 bits per heavy atom. The summed E-state index contributed by atoms with van der Waals surface area (Å²) in [6.07, 6.45) is 3.15. The Labute approximate surface area is 141 Å². The number of carbonyl (C=O) groups excluding carboxylic acids is 1. The van der Waals surface area contributed by atoms with Crippen LogP contribution in [0.2, 0.25) is 0 Å². The molecule has 0 bridgehead atoms. The highest BCUT2D eigenvalue weighted by Gasteiger charge is 2.12. The highest BCUT2D eigenvalue weighted by Crippen LogP contribution is 2.21. The Kier molecular flexibility index (Phi) is 6.24. The van der Waals surface area contributed by atoms with Gasteiger partial charge in [0.15, 0.2) is 5.16 Å². The van der Waals surface area contributed by atoms with Gasteiger partial charge in [0.1, 0.15) is 0 Å². The van der Waals surface area contributed by atoms with Crippen molar-refractivity contribution in [2.75, 3.05) is 6.54 Å². The van der Waals surface area contributed by atoms with Gasteiger partial charge in [-0.05, 0) is 23.6 Å². The van der Waals surface area contributed by atoms with E-state index in [0.717, 1.165) is 16.5 Å². The number of rotatable bonds is 7. The molecule has 2 N–H and O–H groups in total. The van der Waals surface area contributed by atoms with Crippen molar-refractivity contribution in [2.24, 2.45) is 13.0 Å². The fraction of sp³-hybridized carbons (Fsp3) is 0.412. The molecule has 0 spiro atoms. The van der Waals surface area contributed by atoms with Crippen LogP contribution in [0.1, 0.15) is 29.8 Å². The van der Waals surface area contributed by atoms with Gasteiger partial charge >= 0.3 is 0 Å². The van der Waals surface area contributed by atoms with Crippen LogP contribution in [0.4, 0.5) is 0 Å². The molecule has 0 aliphatic rings. The van der Waals surface area contributed by atoms with Crippen LogP contribution in [0.15, 0.2) is 41.8 Å². The molecule has 23 heavy (non-hydrogen) atoms. The van der Waals surface area contributed by atoms with Crippen molar-refractivity contribution in [3.8, 4) is 0 Å². The van der Waals surface area contributed by atoms with Crippen LogP contribution in [0, 0.1) is 5.92 Å². The van der Waals surface area contributed by atoms with E-state index in [9.17, 15) is 9.90 Å². The minimum Gasteiger partial charge on any atom is -0.391 e. The monoisotopic (exact) mass is 333 g/mol. The highest BCUT2D eigenvalue weighted by atomic mass is 32.2. The van der Waals surface area contributed by atoms with Crippen molar-refractivity contribution < 1.29 is 9.90 Å². The number of aliphatic hydroxyl groups is 1. The number of imidazole rings is 1. The molecule has 1 unspecified atom stereocenters. The number of carbonyl (C=O) groups is 1. The summed E-state index contributed by atoms with van der Waals surface area (Å²) in [5, 5.41) is 13.5. The van der Waals surface area contributed by atoms with Crippen molar-refractivity contribution >= 4 is 17.7 Å². The van der Waals surface area contributed by atoms with Crippen molar-refractivity contribution in [3.05, 3.63) is 47.8 Å². The van der Waals surface area contributed by atoms with Gasteiger partial charge in [-0.1, -0.05) is 37.7 Å². The molecule has 1 amide bonds. The van der Waals surface area contributed by atoms with E-state index in [-0.39, 0.29) is 18.4 Å². The Balaban J connectivity index is 1.93. The summed E-state index contributed by atoms with van der Waals surface area (Å²) in [7, 11) is 1.96. The zero-order valence-electron chi connectivity index (χ0n) is 13.7. The summed E-state index contributed by atoms with van der Waals surface area (Å²) in [6.45, 7) is 4.11. The second-order valence-corrected chi connectivity index (χ2v) is 6.77. The van der Waals surface area contributed by atoms with Gasteiger partial charge in [0.25, 0.3) is 5.91 Å². The molecule has 1 heterocycles. The number of benzene rings is 1. The van der Waals surface area contributed by atoms with E-state index < -0.39 is 6.10 Å². The standard InChI is InChI=1S/C17H23N3O2S/c1-12(2)15(21)10-19-16(22)14-6-4-5-13(9-14)11-23-17-18-7-8-20(17)3/h4-9,12,15,21H,10-11H2,1-3H3,(H,19,22). The number of aromatic nitrogens is 2. The van der Waals surface area contributed by atoms with Gasteiger partial charge in [-0.15, -0.1) is 0 Å². The average Bonchev–Trinajstić information content (AvgIpc) is 2.95. The lowest BCUT2D eigenvalue weighted by atomic mass is 10.1. The average molecular weight is 333 g/mol. The molecule has 0 saturated carbocycles. The van der Waals surface area contributed by atoms with E-state index in [0.29, 0.717) is 5.56 Å². The van der Waals surface area contributed by atoms with Crippen LogP contribution >= 0.6 is 11.8 Å². The molecule has 1 aromatic heterocycles. The van der Waals surface area contributed by atoms with Gasteiger partial charge in [0.05, 0.1) is 6.10 Å². The largest absolute Gasteiger partial charge is 0.391 e. The zero-order chi connectivity index (χ0) is 16.8. The SMILES string of the molecule is CC(C)C(O)CNC(=O)c1cccc(CSc2nccn2C)c1. The number of hydrogen-bond acceptors (Lipinski definition) is 4. The van der Waals surface area contributed by atoms with E-state index in [1.165, 1.54) is 0 Å². The second kappa shape index (κ2) is 8.17. The fourth-order valence-corrected chi connectivity index (χ4v) is 2.85. The van der Waals surface area contributed by atoms with Crippen LogP contribution in [-0.4, -0.2) is 33.2 Å². The molecular formula is C17H23N3O2S. The summed E-state index contributed by atoms with van der Waals surface area (Å²) in [6, 6.07) is 7.54. The van der Waals surface area contributed by atoms with Crippen molar-refractivity contribution in [1.29, 1.82) is 0 Å². The predicted octanol–water partition coefficient (Wildman–Crippen LogP) is 2.46. The number of amides is 1. The summed E-state index contributed by atoms with van der Waals surface area (Å²) < 4.78 is 1.97. The van der Waals surface area contributed by atoms with Gasteiger partial charge < -0.3 is 15.0 Å². The molecular weight excluding hydrogens is 310 g/mol. The predicted molar refractivity (Wildman–Crippen MR) is 92.4 cm³/mol. The summed E-state index contributed by atoms with van der Waals surface area (Å²) >= 11 is 1.63. The molecule has 0 aliphatic carbocycles. The van der Waals surface area contributed by atoms with Crippen molar-refractivity contribution in [2.45, 2.75) is 30.9 Å². The number of aryl methyl sites for hydroxylation is 1. The normalized spacial score (nSPS) is 12.4. The summed E-state index contributed by atoms with van der Waals surface area (Å²) in [4.78, 5) is 16.4. The smallest absolute Gasteiger partial charge is 0.251 e. The third kappa shape index (κ3) is 5.11. The van der Waals surface area contributed by atoms with Crippen molar-refractivity contribution in [3.63, 3.8) is 0 Å². The number of thioether (sulfide) groups is 1. The van der Waals surface area contributed by atoms with Gasteiger partial charge in [-0.2, -0.15) is 0 Å². The molecule has 0 saturated heterocycles. The first kappa shape index (κ1) is 17.6. The minimum atomic E-state index is -0.527. The molecule has 2 aromatic rings. The van der Waals surface area contributed by atoms with Crippen LogP contribution in [0.25, 0.3) is 0 Å². The lowest BCUT2D eigenvalue weighted by Crippen LogP contribution is -2.34. The Morgan fingerprint density at radius 2 is 2.22 bits per heavy atom. The van der Waals surface area contributed by atoms with Gasteiger partial charge in [0, 0.05) is 37.3 Å². The van der Waals surface area contributed by atoms with Crippen molar-refractivity contribution in [1.82, 2.24) is 14.9 Å².